The molecule has 0 unspecified atom stereocenters. The Kier molecular flexibility index (Phi) is 0.854. The average molecular weight is 148 g/mol. The minimum atomic E-state index is -0.292. The van der Waals surface area contributed by atoms with Gasteiger partial charge in [0.1, 0.15) is 0 Å². The lowest BCUT2D eigenvalue weighted by atomic mass is 10.1. The number of nitrogens with zero attached hydrogens (tertiary/aromatic N) is 2. The predicted molar refractivity (Wildman–Crippen MR) is 34.4 cm³/mol. The van der Waals surface area contributed by atoms with E-state index < -0.39 is 0 Å². The molecular formula is C7H4N2O2. The number of carbonyl (C=O) groups excluding carboxylic acids is 2. The monoisotopic (exact) mass is 148 g/mol. The van der Waals surface area contributed by atoms with Gasteiger partial charge in [-0.15, -0.1) is 0 Å². The van der Waals surface area contributed by atoms with E-state index >= 15 is 0 Å². The second kappa shape index (κ2) is 1.53. The molecule has 0 saturated heterocycles. The lowest BCUT2D eigenvalue weighted by molar-refractivity contribution is -0.341. The van der Waals surface area contributed by atoms with Gasteiger partial charge in [0.25, 0.3) is 11.6 Å². The molecule has 0 aromatic carbocycles. The van der Waals surface area contributed by atoms with Crippen LogP contribution in [0.3, 0.4) is 0 Å². The molecule has 2 aliphatic rings. The highest BCUT2D eigenvalue weighted by molar-refractivity contribution is 6.23. The zero-order valence-electron chi connectivity index (χ0n) is 5.79. The number of rotatable bonds is 0. The molecule has 0 spiro atoms. The van der Waals surface area contributed by atoms with E-state index in [1.807, 2.05) is 0 Å². The minimum absolute atomic E-state index is 0.126. The van der Waals surface area contributed by atoms with Gasteiger partial charge in [0.2, 0.25) is 0 Å². The van der Waals surface area contributed by atoms with Crippen LogP contribution in [-0.2, 0) is 9.59 Å². The summed E-state index contributed by atoms with van der Waals surface area (Å²) in [5, 5.41) is 0. The standard InChI is InChI=1S/C7H4N2O2/c1-3-2-4(10)5-6(7(3)11)9(5)8/h2H,1H3. The fourth-order valence-corrected chi connectivity index (χ4v) is 1.10. The Hall–Kier alpha value is -1.58. The van der Waals surface area contributed by atoms with Crippen LogP contribution in [0.1, 0.15) is 6.92 Å². The number of hydrogen-bond donors (Lipinski definition) is 0. The van der Waals surface area contributed by atoms with E-state index in [2.05, 4.69) is 0 Å². The summed E-state index contributed by atoms with van der Waals surface area (Å²) in [4.78, 5) is 22.0. The lowest BCUT2D eigenvalue weighted by Crippen LogP contribution is -2.04. The van der Waals surface area contributed by atoms with Gasteiger partial charge in [0.15, 0.2) is 0 Å². The van der Waals surface area contributed by atoms with Crippen molar-refractivity contribution < 1.29 is 14.3 Å². The first-order chi connectivity index (χ1) is 5.13. The average Bonchev–Trinajstić information content (AvgIpc) is 2.58. The molecule has 0 amide bonds. The van der Waals surface area contributed by atoms with Gasteiger partial charge in [-0.05, 0) is 13.0 Å². The molecule has 1 aliphatic heterocycles. The Morgan fingerprint density at radius 3 is 2.64 bits per heavy atom. The number of hydrogen-bond acceptors (Lipinski definition) is 2. The molecule has 1 heterocycles. The summed E-state index contributed by atoms with van der Waals surface area (Å²) < 4.78 is 0.637. The Labute approximate surface area is 62.3 Å². The fourth-order valence-electron chi connectivity index (χ4n) is 1.10. The van der Waals surface area contributed by atoms with Crippen molar-refractivity contribution in [2.45, 2.75) is 6.92 Å². The molecular weight excluding hydrogens is 144 g/mol. The van der Waals surface area contributed by atoms with Crippen molar-refractivity contribution in [2.75, 3.05) is 0 Å². The maximum atomic E-state index is 11.0. The smallest absolute Gasteiger partial charge is 0.324 e. The quantitative estimate of drug-likeness (QED) is 0.367. The van der Waals surface area contributed by atoms with E-state index in [1.165, 1.54) is 6.08 Å². The summed E-state index contributed by atoms with van der Waals surface area (Å²) in [6.07, 6.45) is 1.23. The van der Waals surface area contributed by atoms with E-state index in [0.717, 1.165) is 0 Å². The normalized spacial score (nSPS) is 21.9. The van der Waals surface area contributed by atoms with E-state index in [9.17, 15) is 9.59 Å². The summed E-state index contributed by atoms with van der Waals surface area (Å²) in [7, 11) is 0. The van der Waals surface area contributed by atoms with Crippen LogP contribution in [0.15, 0.2) is 23.0 Å². The topological polar surface area (TPSA) is 59.5 Å². The van der Waals surface area contributed by atoms with Gasteiger partial charge in [-0.1, -0.05) is 0 Å². The van der Waals surface area contributed by atoms with Crippen molar-refractivity contribution in [3.63, 3.8) is 0 Å². The van der Waals surface area contributed by atoms with Gasteiger partial charge in [-0.25, -0.2) is 4.70 Å². The van der Waals surface area contributed by atoms with Crippen LogP contribution in [0.25, 0.3) is 5.53 Å². The van der Waals surface area contributed by atoms with E-state index in [1.54, 1.807) is 6.92 Å². The van der Waals surface area contributed by atoms with Crippen LogP contribution >= 0.6 is 0 Å². The van der Waals surface area contributed by atoms with Crippen molar-refractivity contribution in [3.8, 4) is 0 Å². The molecule has 0 fully saturated rings. The van der Waals surface area contributed by atoms with Crippen LogP contribution in [0.2, 0.25) is 0 Å². The van der Waals surface area contributed by atoms with Crippen LogP contribution in [0.4, 0.5) is 0 Å². The number of carbonyl (C=O) groups is 2. The van der Waals surface area contributed by atoms with Crippen molar-refractivity contribution in [3.05, 3.63) is 28.6 Å². The van der Waals surface area contributed by atoms with E-state index in [-0.39, 0.29) is 23.0 Å². The Morgan fingerprint density at radius 1 is 1.36 bits per heavy atom. The van der Waals surface area contributed by atoms with E-state index in [0.29, 0.717) is 10.3 Å². The molecule has 4 heteroatoms. The van der Waals surface area contributed by atoms with Gasteiger partial charge in [0.05, 0.1) is 0 Å². The van der Waals surface area contributed by atoms with Crippen molar-refractivity contribution in [1.29, 1.82) is 0 Å². The van der Waals surface area contributed by atoms with Gasteiger partial charge in [-0.2, -0.15) is 0 Å². The maximum Gasteiger partial charge on any atom is 0.324 e. The first kappa shape index (κ1) is 6.15. The molecule has 0 N–H and O–H groups in total. The highest BCUT2D eigenvalue weighted by atomic mass is 16.1. The molecule has 0 aromatic rings. The highest BCUT2D eigenvalue weighted by Crippen LogP contribution is 2.33. The van der Waals surface area contributed by atoms with Crippen LogP contribution in [-0.4, -0.2) is 16.3 Å². The highest BCUT2D eigenvalue weighted by Gasteiger charge is 2.51. The second-order valence-corrected chi connectivity index (χ2v) is 2.53. The number of Topliss-reactive ketones (excluding diaryl/α,β-unsaturated/α-hetero) is 1. The Balaban J connectivity index is 2.53. The first-order valence-corrected chi connectivity index (χ1v) is 3.13. The maximum absolute atomic E-state index is 11.0. The largest absolute Gasteiger partial charge is 0.493 e. The Morgan fingerprint density at radius 2 is 2.00 bits per heavy atom. The fraction of sp³-hybridized carbons (Fsp3) is 0.143. The third kappa shape index (κ3) is 0.582. The second-order valence-electron chi connectivity index (χ2n) is 2.53. The molecule has 11 heavy (non-hydrogen) atoms. The zero-order valence-corrected chi connectivity index (χ0v) is 5.79. The first-order valence-electron chi connectivity index (χ1n) is 3.13. The van der Waals surface area contributed by atoms with Gasteiger partial charge >= 0.3 is 11.4 Å². The number of allylic oxidation sites excluding steroid dienone is 2. The summed E-state index contributed by atoms with van der Waals surface area (Å²) in [6.45, 7) is 1.55. The zero-order chi connectivity index (χ0) is 8.17. The summed E-state index contributed by atoms with van der Waals surface area (Å²) in [6, 6.07) is 0. The van der Waals surface area contributed by atoms with Crippen LogP contribution in [0, 0.1) is 0 Å². The molecule has 0 radical (unpaired) electrons. The molecule has 1 aliphatic carbocycles. The molecule has 0 saturated carbocycles. The Bertz CT molecular complexity index is 374. The predicted octanol–water partition coefficient (Wildman–Crippen LogP) is 0.344. The molecule has 54 valence electrons. The molecule has 0 atom stereocenters. The third-order valence-corrected chi connectivity index (χ3v) is 1.75. The molecule has 0 bridgehead atoms. The van der Waals surface area contributed by atoms with Crippen LogP contribution < -0.4 is 0 Å². The van der Waals surface area contributed by atoms with Gasteiger partial charge in [-0.3, -0.25) is 9.59 Å². The lowest BCUT2D eigenvalue weighted by Gasteiger charge is -1.88. The van der Waals surface area contributed by atoms with Crippen molar-refractivity contribution in [1.82, 2.24) is 0 Å². The summed E-state index contributed by atoms with van der Waals surface area (Å²) in [5.74, 6) is -0.554. The third-order valence-electron chi connectivity index (χ3n) is 1.75. The van der Waals surface area contributed by atoms with Gasteiger partial charge in [0, 0.05) is 5.57 Å². The SMILES string of the molecule is CC1=CC(=O)C2=C(C1=O)[N+]2=[N-]. The number of ketones is 2. The van der Waals surface area contributed by atoms with Crippen molar-refractivity contribution >= 4 is 11.6 Å². The van der Waals surface area contributed by atoms with Crippen LogP contribution in [0.5, 0.6) is 0 Å². The molecule has 4 nitrogen and oxygen atoms in total. The summed E-state index contributed by atoms with van der Waals surface area (Å²) >= 11 is 0. The summed E-state index contributed by atoms with van der Waals surface area (Å²) in [5.41, 5.74) is 9.51. The molecule has 2 rings (SSSR count). The van der Waals surface area contributed by atoms with Gasteiger partial charge < -0.3 is 5.53 Å². The van der Waals surface area contributed by atoms with Crippen molar-refractivity contribution in [2.24, 2.45) is 0 Å². The minimum Gasteiger partial charge on any atom is -0.493 e. The van der Waals surface area contributed by atoms with E-state index in [4.69, 9.17) is 5.53 Å². The molecule has 0 aromatic heterocycles.